The first-order chi connectivity index (χ1) is 11.6. The second kappa shape index (κ2) is 7.79. The van der Waals surface area contributed by atoms with Crippen molar-refractivity contribution in [1.29, 1.82) is 0 Å². The number of hydrogen-bond donors (Lipinski definition) is 1. The highest BCUT2D eigenvalue weighted by molar-refractivity contribution is 5.94. The number of amides is 2. The summed E-state index contributed by atoms with van der Waals surface area (Å²) in [6.07, 6.45) is 4.00. The number of para-hydroxylation sites is 1. The number of piperidine rings is 1. The van der Waals surface area contributed by atoms with Crippen LogP contribution in [-0.2, 0) is 9.59 Å². The highest BCUT2D eigenvalue weighted by Crippen LogP contribution is 2.23. The molecule has 1 aromatic rings. The fraction of sp³-hybridized carbons (Fsp3) is 0.579. The van der Waals surface area contributed by atoms with E-state index in [1.165, 1.54) is 0 Å². The number of anilines is 1. The van der Waals surface area contributed by atoms with E-state index in [-0.39, 0.29) is 17.9 Å². The van der Waals surface area contributed by atoms with Crippen LogP contribution in [0, 0.1) is 5.92 Å². The number of benzene rings is 1. The van der Waals surface area contributed by atoms with E-state index >= 15 is 0 Å². The van der Waals surface area contributed by atoms with E-state index in [0.717, 1.165) is 57.5 Å². The van der Waals surface area contributed by atoms with Gasteiger partial charge in [-0.25, -0.2) is 0 Å². The minimum Gasteiger partial charge on any atom is -0.342 e. The first-order valence-corrected chi connectivity index (χ1v) is 9.04. The molecule has 1 aromatic carbocycles. The van der Waals surface area contributed by atoms with Crippen LogP contribution in [0.3, 0.4) is 0 Å². The number of likely N-dealkylation sites (tertiary alicyclic amines) is 2. The Morgan fingerprint density at radius 1 is 1.04 bits per heavy atom. The maximum atomic E-state index is 12.5. The van der Waals surface area contributed by atoms with Gasteiger partial charge in [0.25, 0.3) is 0 Å². The summed E-state index contributed by atoms with van der Waals surface area (Å²) in [4.78, 5) is 29.1. The van der Waals surface area contributed by atoms with Gasteiger partial charge in [-0.05, 0) is 57.8 Å². The molecule has 0 saturated carbocycles. The Bertz CT molecular complexity index is 561. The Kier molecular flexibility index (Phi) is 5.51. The quantitative estimate of drug-likeness (QED) is 0.922. The van der Waals surface area contributed by atoms with Gasteiger partial charge in [-0.15, -0.1) is 0 Å². The Morgan fingerprint density at radius 2 is 1.67 bits per heavy atom. The monoisotopic (exact) mass is 329 g/mol. The summed E-state index contributed by atoms with van der Waals surface area (Å²) >= 11 is 0. The van der Waals surface area contributed by atoms with Crippen LogP contribution >= 0.6 is 0 Å². The highest BCUT2D eigenvalue weighted by atomic mass is 16.2. The van der Waals surface area contributed by atoms with E-state index in [4.69, 9.17) is 0 Å². The molecule has 2 aliphatic rings. The van der Waals surface area contributed by atoms with Crippen molar-refractivity contribution in [1.82, 2.24) is 9.80 Å². The van der Waals surface area contributed by atoms with Crippen molar-refractivity contribution in [3.05, 3.63) is 30.3 Å². The Hall–Kier alpha value is -1.88. The smallest absolute Gasteiger partial charge is 0.241 e. The molecule has 5 nitrogen and oxygen atoms in total. The van der Waals surface area contributed by atoms with Gasteiger partial charge in [0.05, 0.1) is 6.04 Å². The summed E-state index contributed by atoms with van der Waals surface area (Å²) in [5.74, 6) is 0.489. The number of nitrogens with zero attached hydrogens (tertiary/aromatic N) is 2. The normalized spacial score (nSPS) is 20.8. The standard InChI is InChI=1S/C19H27N3O2/c1-15(18(23)20-17-7-3-2-4-8-17)21-13-9-16(10-14-21)19(24)22-11-5-6-12-22/h2-4,7-8,15-16H,5-6,9-14H2,1H3,(H,20,23)/t15-/m0/s1. The van der Waals surface area contributed by atoms with Crippen LogP contribution in [0.15, 0.2) is 30.3 Å². The predicted octanol–water partition coefficient (Wildman–Crippen LogP) is 2.35. The van der Waals surface area contributed by atoms with Crippen molar-refractivity contribution < 1.29 is 9.59 Å². The van der Waals surface area contributed by atoms with E-state index in [9.17, 15) is 9.59 Å². The van der Waals surface area contributed by atoms with E-state index in [2.05, 4.69) is 10.2 Å². The van der Waals surface area contributed by atoms with Gasteiger partial charge >= 0.3 is 0 Å². The van der Waals surface area contributed by atoms with Crippen LogP contribution in [0.1, 0.15) is 32.6 Å². The molecule has 24 heavy (non-hydrogen) atoms. The van der Waals surface area contributed by atoms with Crippen LogP contribution in [0.5, 0.6) is 0 Å². The number of nitrogens with one attached hydrogen (secondary N) is 1. The van der Waals surface area contributed by atoms with Crippen LogP contribution in [-0.4, -0.2) is 53.8 Å². The number of carbonyl (C=O) groups is 2. The Morgan fingerprint density at radius 3 is 2.29 bits per heavy atom. The molecule has 3 rings (SSSR count). The van der Waals surface area contributed by atoms with Gasteiger partial charge in [-0.1, -0.05) is 18.2 Å². The van der Waals surface area contributed by atoms with Crippen molar-refractivity contribution in [2.75, 3.05) is 31.5 Å². The SMILES string of the molecule is C[C@@H](C(=O)Nc1ccccc1)N1CCC(C(=O)N2CCCC2)CC1. The van der Waals surface area contributed by atoms with Crippen molar-refractivity contribution in [2.24, 2.45) is 5.92 Å². The molecule has 130 valence electrons. The van der Waals surface area contributed by atoms with E-state index in [0.29, 0.717) is 5.91 Å². The molecular formula is C19H27N3O2. The summed E-state index contributed by atoms with van der Waals surface area (Å²) in [7, 11) is 0. The van der Waals surface area contributed by atoms with Crippen LogP contribution < -0.4 is 5.32 Å². The van der Waals surface area contributed by atoms with Crippen molar-refractivity contribution in [3.63, 3.8) is 0 Å². The Labute approximate surface area is 144 Å². The zero-order chi connectivity index (χ0) is 16.9. The second-order valence-corrected chi connectivity index (χ2v) is 6.87. The fourth-order valence-corrected chi connectivity index (χ4v) is 3.66. The minimum atomic E-state index is -0.173. The third-order valence-electron chi connectivity index (χ3n) is 5.27. The summed E-state index contributed by atoms with van der Waals surface area (Å²) < 4.78 is 0. The lowest BCUT2D eigenvalue weighted by Crippen LogP contribution is -2.48. The highest BCUT2D eigenvalue weighted by Gasteiger charge is 2.32. The number of carbonyl (C=O) groups excluding carboxylic acids is 2. The molecule has 0 spiro atoms. The molecular weight excluding hydrogens is 302 g/mol. The van der Waals surface area contributed by atoms with E-state index in [1.807, 2.05) is 42.2 Å². The van der Waals surface area contributed by atoms with Crippen LogP contribution in [0.2, 0.25) is 0 Å². The van der Waals surface area contributed by atoms with Crippen LogP contribution in [0.25, 0.3) is 0 Å². The van der Waals surface area contributed by atoms with Gasteiger partial charge < -0.3 is 10.2 Å². The average Bonchev–Trinajstić information content (AvgIpc) is 3.16. The van der Waals surface area contributed by atoms with E-state index in [1.54, 1.807) is 0 Å². The van der Waals surface area contributed by atoms with E-state index < -0.39 is 0 Å². The fourth-order valence-electron chi connectivity index (χ4n) is 3.66. The van der Waals surface area contributed by atoms with Gasteiger partial charge in [0.15, 0.2) is 0 Å². The molecule has 0 aliphatic carbocycles. The van der Waals surface area contributed by atoms with Crippen molar-refractivity contribution in [2.45, 2.75) is 38.6 Å². The summed E-state index contributed by atoms with van der Waals surface area (Å²) in [5, 5.41) is 2.96. The lowest BCUT2D eigenvalue weighted by molar-refractivity contribution is -0.136. The van der Waals surface area contributed by atoms with Crippen molar-refractivity contribution in [3.8, 4) is 0 Å². The molecule has 0 bridgehead atoms. The second-order valence-electron chi connectivity index (χ2n) is 6.87. The molecule has 2 saturated heterocycles. The molecule has 2 fully saturated rings. The van der Waals surface area contributed by atoms with Gasteiger partial charge in [0.1, 0.15) is 0 Å². The maximum absolute atomic E-state index is 12.5. The molecule has 1 atom stereocenters. The number of rotatable bonds is 4. The topological polar surface area (TPSA) is 52.7 Å². The molecule has 0 unspecified atom stereocenters. The van der Waals surface area contributed by atoms with Gasteiger partial charge in [0.2, 0.25) is 11.8 Å². The first-order valence-electron chi connectivity index (χ1n) is 9.04. The number of hydrogen-bond acceptors (Lipinski definition) is 3. The molecule has 0 radical (unpaired) electrons. The molecule has 2 amide bonds. The van der Waals surface area contributed by atoms with Crippen LogP contribution in [0.4, 0.5) is 5.69 Å². The average molecular weight is 329 g/mol. The summed E-state index contributed by atoms with van der Waals surface area (Å²) in [6.45, 7) is 5.42. The van der Waals surface area contributed by atoms with Gasteiger partial charge in [-0.2, -0.15) is 0 Å². The largest absolute Gasteiger partial charge is 0.342 e. The molecule has 5 heteroatoms. The van der Waals surface area contributed by atoms with Gasteiger partial charge in [0, 0.05) is 24.7 Å². The zero-order valence-corrected chi connectivity index (χ0v) is 14.4. The Balaban J connectivity index is 1.48. The third kappa shape index (κ3) is 3.96. The summed E-state index contributed by atoms with van der Waals surface area (Å²) in [5.41, 5.74) is 0.827. The lowest BCUT2D eigenvalue weighted by atomic mass is 9.94. The molecule has 1 N–H and O–H groups in total. The maximum Gasteiger partial charge on any atom is 0.241 e. The van der Waals surface area contributed by atoms with Crippen molar-refractivity contribution >= 4 is 17.5 Å². The van der Waals surface area contributed by atoms with Gasteiger partial charge in [-0.3, -0.25) is 14.5 Å². The third-order valence-corrected chi connectivity index (χ3v) is 5.27. The molecule has 0 aromatic heterocycles. The predicted molar refractivity (Wildman–Crippen MR) is 94.6 cm³/mol. The minimum absolute atomic E-state index is 0.0190. The molecule has 2 aliphatic heterocycles. The molecule has 2 heterocycles. The lowest BCUT2D eigenvalue weighted by Gasteiger charge is -2.36. The summed E-state index contributed by atoms with van der Waals surface area (Å²) in [6, 6.07) is 9.37. The first kappa shape index (κ1) is 17.0. The zero-order valence-electron chi connectivity index (χ0n) is 14.4.